The molecule has 1 aromatic carbocycles. The predicted octanol–water partition coefficient (Wildman–Crippen LogP) is 0.803. The molecular formula is C6H6O3. The van der Waals surface area contributed by atoms with Crippen molar-refractivity contribution in [3.05, 3.63) is 18.2 Å². The molecule has 9 heavy (non-hydrogen) atoms. The lowest BCUT2D eigenvalue weighted by molar-refractivity contribution is 0.428. The summed E-state index contributed by atoms with van der Waals surface area (Å²) in [6.45, 7) is 0. The van der Waals surface area contributed by atoms with Gasteiger partial charge in [-0.1, -0.05) is 0 Å². The Balaban J connectivity index is 3.17. The van der Waals surface area contributed by atoms with Gasteiger partial charge in [0.2, 0.25) is 0 Å². The second-order valence-corrected chi connectivity index (χ2v) is 1.71. The molecule has 0 radical (unpaired) electrons. The molecule has 0 saturated heterocycles. The largest absolute Gasteiger partial charge is 0.508 e. The summed E-state index contributed by atoms with van der Waals surface area (Å²) in [6.07, 6.45) is 0. The van der Waals surface area contributed by atoms with Crippen LogP contribution < -0.4 is 0 Å². The molecular weight excluding hydrogens is 121 g/mol. The Kier molecular flexibility index (Phi) is 1.18. The van der Waals surface area contributed by atoms with Crippen LogP contribution in [0.1, 0.15) is 0 Å². The lowest BCUT2D eigenvalue weighted by Gasteiger charge is -1.94. The van der Waals surface area contributed by atoms with Gasteiger partial charge >= 0.3 is 0 Å². The van der Waals surface area contributed by atoms with Crippen LogP contribution in [0.3, 0.4) is 0 Å². The molecule has 3 nitrogen and oxygen atoms in total. The van der Waals surface area contributed by atoms with E-state index in [0.717, 1.165) is 18.2 Å². The first-order valence-electron chi connectivity index (χ1n) is 2.40. The smallest absolute Gasteiger partial charge is 0.122 e. The zero-order valence-corrected chi connectivity index (χ0v) is 4.57. The van der Waals surface area contributed by atoms with E-state index in [2.05, 4.69) is 0 Å². The van der Waals surface area contributed by atoms with Gasteiger partial charge in [0.1, 0.15) is 17.2 Å². The van der Waals surface area contributed by atoms with Crippen LogP contribution in [-0.2, 0) is 0 Å². The molecule has 48 valence electrons. The second kappa shape index (κ2) is 1.85. The molecule has 3 N–H and O–H groups in total. The molecule has 0 fully saturated rings. The molecule has 1 rings (SSSR count). The highest BCUT2D eigenvalue weighted by Gasteiger charge is 1.94. The fraction of sp³-hybridized carbons (Fsp3) is 0. The fourth-order valence-corrected chi connectivity index (χ4v) is 0.580. The second-order valence-electron chi connectivity index (χ2n) is 1.71. The van der Waals surface area contributed by atoms with Crippen molar-refractivity contribution in [3.8, 4) is 17.2 Å². The summed E-state index contributed by atoms with van der Waals surface area (Å²) < 4.78 is 0. The molecule has 0 spiro atoms. The van der Waals surface area contributed by atoms with Crippen LogP contribution >= 0.6 is 0 Å². The number of phenolic OH excluding ortho intramolecular Hbond substituents is 3. The summed E-state index contributed by atoms with van der Waals surface area (Å²) in [4.78, 5) is 0. The third-order valence-corrected chi connectivity index (χ3v) is 0.887. The summed E-state index contributed by atoms with van der Waals surface area (Å²) >= 11 is 0. The van der Waals surface area contributed by atoms with Crippen molar-refractivity contribution in [2.75, 3.05) is 0 Å². The van der Waals surface area contributed by atoms with E-state index in [9.17, 15) is 0 Å². The van der Waals surface area contributed by atoms with E-state index in [1.807, 2.05) is 0 Å². The van der Waals surface area contributed by atoms with Crippen LogP contribution in [0.25, 0.3) is 0 Å². The molecule has 0 saturated carbocycles. The van der Waals surface area contributed by atoms with Gasteiger partial charge in [0.15, 0.2) is 0 Å². The van der Waals surface area contributed by atoms with Crippen LogP contribution in [0.2, 0.25) is 0 Å². The number of phenols is 3. The summed E-state index contributed by atoms with van der Waals surface area (Å²) in [5, 5.41) is 26.0. The maximum Gasteiger partial charge on any atom is 0.122 e. The fourth-order valence-electron chi connectivity index (χ4n) is 0.580. The van der Waals surface area contributed by atoms with Crippen molar-refractivity contribution in [2.45, 2.75) is 0 Å². The lowest BCUT2D eigenvalue weighted by Crippen LogP contribution is -1.66. The van der Waals surface area contributed by atoms with Gasteiger partial charge in [0, 0.05) is 18.2 Å². The maximum atomic E-state index is 8.67. The van der Waals surface area contributed by atoms with Crippen LogP contribution in [0.15, 0.2) is 18.2 Å². The highest BCUT2D eigenvalue weighted by molar-refractivity contribution is 5.39. The number of benzene rings is 1. The van der Waals surface area contributed by atoms with Gasteiger partial charge < -0.3 is 15.3 Å². The van der Waals surface area contributed by atoms with E-state index in [0.29, 0.717) is 0 Å². The first kappa shape index (κ1) is 5.75. The molecule has 0 amide bonds. The molecule has 0 aliphatic carbocycles. The predicted molar refractivity (Wildman–Crippen MR) is 31.4 cm³/mol. The van der Waals surface area contributed by atoms with Crippen LogP contribution in [0, 0.1) is 0 Å². The van der Waals surface area contributed by atoms with E-state index in [1.54, 1.807) is 0 Å². The molecule has 0 heterocycles. The molecule has 0 aliphatic rings. The van der Waals surface area contributed by atoms with Crippen LogP contribution in [0.5, 0.6) is 17.2 Å². The number of hydrogen-bond acceptors (Lipinski definition) is 3. The monoisotopic (exact) mass is 127 g/mol. The lowest BCUT2D eigenvalue weighted by atomic mass is 10.4. The zero-order chi connectivity index (χ0) is 6.85. The van der Waals surface area contributed by atoms with Crippen LogP contribution in [-0.4, -0.2) is 15.3 Å². The standard InChI is InChI=1S/C6H6O3/c7-4-1-5(8)3-6(9)2-4/h1-3,7-9H/i1+1. The average Bonchev–Trinajstić information content (AvgIpc) is 1.59. The third kappa shape index (κ3) is 1.25. The van der Waals surface area contributed by atoms with E-state index >= 15 is 0 Å². The zero-order valence-electron chi connectivity index (χ0n) is 4.57. The molecule has 0 aromatic heterocycles. The first-order chi connectivity index (χ1) is 4.18. The average molecular weight is 127 g/mol. The van der Waals surface area contributed by atoms with Crippen LogP contribution in [0.4, 0.5) is 0 Å². The first-order valence-corrected chi connectivity index (χ1v) is 2.40. The molecule has 1 aromatic rings. The summed E-state index contributed by atoms with van der Waals surface area (Å²) in [7, 11) is 0. The Morgan fingerprint density at radius 3 is 1.11 bits per heavy atom. The molecule has 0 aliphatic heterocycles. The Morgan fingerprint density at radius 2 is 0.889 bits per heavy atom. The van der Waals surface area contributed by atoms with E-state index in [4.69, 9.17) is 15.3 Å². The van der Waals surface area contributed by atoms with Gasteiger partial charge in [-0.2, -0.15) is 0 Å². The van der Waals surface area contributed by atoms with Crippen molar-refractivity contribution >= 4 is 0 Å². The third-order valence-electron chi connectivity index (χ3n) is 0.887. The van der Waals surface area contributed by atoms with Crippen molar-refractivity contribution < 1.29 is 15.3 Å². The molecule has 3 heteroatoms. The molecule has 0 atom stereocenters. The Morgan fingerprint density at radius 1 is 0.667 bits per heavy atom. The van der Waals surface area contributed by atoms with Crippen molar-refractivity contribution in [3.63, 3.8) is 0 Å². The van der Waals surface area contributed by atoms with Crippen molar-refractivity contribution in [1.29, 1.82) is 0 Å². The summed E-state index contributed by atoms with van der Waals surface area (Å²) in [5.74, 6) is -0.437. The molecule has 0 bridgehead atoms. The van der Waals surface area contributed by atoms with Gasteiger partial charge in [0.25, 0.3) is 0 Å². The topological polar surface area (TPSA) is 60.7 Å². The van der Waals surface area contributed by atoms with Gasteiger partial charge in [-0.05, 0) is 0 Å². The minimum absolute atomic E-state index is 0.146. The number of aromatic hydroxyl groups is 3. The van der Waals surface area contributed by atoms with Gasteiger partial charge in [-0.3, -0.25) is 0 Å². The van der Waals surface area contributed by atoms with E-state index < -0.39 is 0 Å². The van der Waals surface area contributed by atoms with Gasteiger partial charge in [0.05, 0.1) is 0 Å². The highest BCUT2D eigenvalue weighted by atomic mass is 16.3. The summed E-state index contributed by atoms with van der Waals surface area (Å²) in [6, 6.07) is 3.42. The van der Waals surface area contributed by atoms with E-state index in [1.165, 1.54) is 0 Å². The Hall–Kier alpha value is -1.38. The number of rotatable bonds is 0. The minimum Gasteiger partial charge on any atom is -0.508 e. The highest BCUT2D eigenvalue weighted by Crippen LogP contribution is 2.23. The van der Waals surface area contributed by atoms with Gasteiger partial charge in [-0.25, -0.2) is 0 Å². The minimum atomic E-state index is -0.146. The quantitative estimate of drug-likeness (QED) is 0.483. The van der Waals surface area contributed by atoms with E-state index in [-0.39, 0.29) is 17.2 Å². The SMILES string of the molecule is Oc1cc(O)[13cH]c(O)c1. The van der Waals surface area contributed by atoms with Crippen molar-refractivity contribution in [1.82, 2.24) is 0 Å². The van der Waals surface area contributed by atoms with Gasteiger partial charge in [-0.15, -0.1) is 0 Å². The normalized spacial score (nSPS) is 9.33. The Labute approximate surface area is 51.8 Å². The Bertz CT molecular complexity index is 169. The summed E-state index contributed by atoms with van der Waals surface area (Å²) in [5.41, 5.74) is 0. The number of hydrogen-bond donors (Lipinski definition) is 3. The maximum absolute atomic E-state index is 8.67. The van der Waals surface area contributed by atoms with Crippen molar-refractivity contribution in [2.24, 2.45) is 0 Å². The molecule has 0 unspecified atom stereocenters.